The van der Waals surface area contributed by atoms with Gasteiger partial charge in [0.2, 0.25) is 0 Å². The molecule has 3 rings (SSSR count). The maximum absolute atomic E-state index is 11.7. The summed E-state index contributed by atoms with van der Waals surface area (Å²) in [6.07, 6.45) is 1.76. The molecule has 0 saturated carbocycles. The number of benzene rings is 1. The fourth-order valence-electron chi connectivity index (χ4n) is 2.89. The highest BCUT2D eigenvalue weighted by Gasteiger charge is 2.46. The third-order valence-corrected chi connectivity index (χ3v) is 3.94. The van der Waals surface area contributed by atoms with Gasteiger partial charge in [-0.2, -0.15) is 0 Å². The lowest BCUT2D eigenvalue weighted by Gasteiger charge is -2.37. The number of fused-ring (bicyclic) bond motifs is 1. The number of cyclic esters (lactones) is 1. The summed E-state index contributed by atoms with van der Waals surface area (Å²) in [6.45, 7) is 0.818. The zero-order chi connectivity index (χ0) is 13.9. The van der Waals surface area contributed by atoms with Crippen LogP contribution in [0, 0.1) is 0 Å². The predicted octanol–water partition coefficient (Wildman–Crippen LogP) is 1.75. The summed E-state index contributed by atoms with van der Waals surface area (Å²) in [7, 11) is 0. The van der Waals surface area contributed by atoms with Crippen molar-refractivity contribution in [3.8, 4) is 0 Å². The second-order valence-electron chi connectivity index (χ2n) is 5.17. The van der Waals surface area contributed by atoms with Gasteiger partial charge in [-0.05, 0) is 18.4 Å². The smallest absolute Gasteiger partial charge is 0.410 e. The Balaban J connectivity index is 1.66. The molecule has 0 spiro atoms. The van der Waals surface area contributed by atoms with Gasteiger partial charge in [0.05, 0.1) is 24.8 Å². The summed E-state index contributed by atoms with van der Waals surface area (Å²) in [5.74, 6) is 0. The highest BCUT2D eigenvalue weighted by molar-refractivity contribution is 5.76. The molecule has 0 radical (unpaired) electrons. The number of rotatable bonds is 4. The van der Waals surface area contributed by atoms with Gasteiger partial charge in [0, 0.05) is 0 Å². The first-order chi connectivity index (χ1) is 9.79. The van der Waals surface area contributed by atoms with Crippen molar-refractivity contribution in [1.29, 1.82) is 0 Å². The molecule has 3 atom stereocenters. The normalized spacial score (nSPS) is 28.9. The molecular weight excluding hydrogens is 258 g/mol. The second-order valence-corrected chi connectivity index (χ2v) is 5.17. The van der Waals surface area contributed by atoms with Crippen molar-refractivity contribution >= 4 is 12.4 Å². The Hall–Kier alpha value is -1.88. The second kappa shape index (κ2) is 5.63. The Morgan fingerprint density at radius 2 is 2.10 bits per heavy atom. The van der Waals surface area contributed by atoms with Crippen molar-refractivity contribution in [3.63, 3.8) is 0 Å². The van der Waals surface area contributed by atoms with Gasteiger partial charge in [-0.3, -0.25) is 4.90 Å². The largest absolute Gasteiger partial charge is 0.447 e. The van der Waals surface area contributed by atoms with E-state index in [9.17, 15) is 9.59 Å². The van der Waals surface area contributed by atoms with Crippen LogP contribution in [0.15, 0.2) is 30.3 Å². The molecule has 2 aliphatic rings. The number of piperidine rings is 1. The Kier molecular flexibility index (Phi) is 3.69. The van der Waals surface area contributed by atoms with Crippen molar-refractivity contribution in [1.82, 2.24) is 4.90 Å². The van der Waals surface area contributed by atoms with Crippen LogP contribution >= 0.6 is 0 Å². The van der Waals surface area contributed by atoms with Crippen LogP contribution in [0.1, 0.15) is 18.4 Å². The lowest BCUT2D eigenvalue weighted by molar-refractivity contribution is -0.116. The Morgan fingerprint density at radius 3 is 2.85 bits per heavy atom. The molecule has 2 heterocycles. The van der Waals surface area contributed by atoms with Crippen molar-refractivity contribution in [2.75, 3.05) is 6.61 Å². The van der Waals surface area contributed by atoms with Gasteiger partial charge >= 0.3 is 6.09 Å². The highest BCUT2D eigenvalue weighted by atomic mass is 16.6. The third-order valence-electron chi connectivity index (χ3n) is 3.94. The van der Waals surface area contributed by atoms with Crippen molar-refractivity contribution in [2.45, 2.75) is 37.6 Å². The van der Waals surface area contributed by atoms with E-state index in [1.54, 1.807) is 0 Å². The Labute approximate surface area is 117 Å². The number of aldehydes is 1. The van der Waals surface area contributed by atoms with Crippen LogP contribution in [0.5, 0.6) is 0 Å². The van der Waals surface area contributed by atoms with Crippen LogP contribution in [0.2, 0.25) is 0 Å². The van der Waals surface area contributed by atoms with Crippen LogP contribution < -0.4 is 0 Å². The molecule has 0 unspecified atom stereocenters. The summed E-state index contributed by atoms with van der Waals surface area (Å²) in [5, 5.41) is 0. The van der Waals surface area contributed by atoms with Crippen LogP contribution in [0.4, 0.5) is 4.79 Å². The van der Waals surface area contributed by atoms with Gasteiger partial charge < -0.3 is 14.3 Å². The fourth-order valence-corrected chi connectivity index (χ4v) is 2.89. The number of carbonyl (C=O) groups is 2. The van der Waals surface area contributed by atoms with Gasteiger partial charge in [-0.1, -0.05) is 30.3 Å². The molecular formula is C15H17NO4. The summed E-state index contributed by atoms with van der Waals surface area (Å²) >= 11 is 0. The summed E-state index contributed by atoms with van der Waals surface area (Å²) in [6, 6.07) is 9.40. The molecule has 5 nitrogen and oxygen atoms in total. The lowest BCUT2D eigenvalue weighted by atomic mass is 9.95. The van der Waals surface area contributed by atoms with E-state index in [2.05, 4.69) is 0 Å². The molecule has 0 aromatic heterocycles. The number of hydrogen-bond acceptors (Lipinski definition) is 4. The minimum absolute atomic E-state index is 0.0714. The average molecular weight is 275 g/mol. The Morgan fingerprint density at radius 1 is 1.30 bits per heavy atom. The van der Waals surface area contributed by atoms with E-state index in [4.69, 9.17) is 9.47 Å². The molecule has 1 aromatic rings. The van der Waals surface area contributed by atoms with E-state index in [0.717, 1.165) is 18.3 Å². The van der Waals surface area contributed by atoms with E-state index >= 15 is 0 Å². The molecule has 0 bridgehead atoms. The molecule has 1 aromatic carbocycles. The molecule has 2 aliphatic heterocycles. The monoisotopic (exact) mass is 275 g/mol. The summed E-state index contributed by atoms with van der Waals surface area (Å²) in [4.78, 5) is 24.3. The maximum Gasteiger partial charge on any atom is 0.410 e. The molecule has 2 fully saturated rings. The summed E-state index contributed by atoms with van der Waals surface area (Å²) < 4.78 is 11.0. The van der Waals surface area contributed by atoms with Gasteiger partial charge in [-0.15, -0.1) is 0 Å². The molecule has 106 valence electrons. The fraction of sp³-hybridized carbons (Fsp3) is 0.467. The van der Waals surface area contributed by atoms with E-state index in [-0.39, 0.29) is 18.2 Å². The van der Waals surface area contributed by atoms with Crippen LogP contribution in [0.25, 0.3) is 0 Å². The van der Waals surface area contributed by atoms with Gasteiger partial charge in [-0.25, -0.2) is 4.79 Å². The number of hydrogen-bond donors (Lipinski definition) is 0. The Bertz CT molecular complexity index is 490. The quantitative estimate of drug-likeness (QED) is 0.786. The van der Waals surface area contributed by atoms with Crippen molar-refractivity contribution < 1.29 is 19.1 Å². The first-order valence-electron chi connectivity index (χ1n) is 6.85. The lowest BCUT2D eigenvalue weighted by Crippen LogP contribution is -2.53. The minimum atomic E-state index is -0.403. The van der Waals surface area contributed by atoms with Gasteiger partial charge in [0.1, 0.15) is 12.9 Å². The van der Waals surface area contributed by atoms with Crippen LogP contribution in [-0.4, -0.2) is 42.1 Å². The minimum Gasteiger partial charge on any atom is -0.447 e. The zero-order valence-corrected chi connectivity index (χ0v) is 11.1. The SMILES string of the molecule is O=C[C@@H]1CC[C@H](OCc2ccccc2)[C@H]2COC(=O)N12. The number of ether oxygens (including phenoxy) is 2. The molecule has 0 aliphatic carbocycles. The highest BCUT2D eigenvalue weighted by Crippen LogP contribution is 2.30. The van der Waals surface area contributed by atoms with E-state index < -0.39 is 6.09 Å². The van der Waals surface area contributed by atoms with E-state index in [1.165, 1.54) is 4.90 Å². The molecule has 5 heteroatoms. The first-order valence-corrected chi connectivity index (χ1v) is 6.85. The molecule has 2 saturated heterocycles. The number of amides is 1. The van der Waals surface area contributed by atoms with E-state index in [0.29, 0.717) is 19.6 Å². The number of carbonyl (C=O) groups excluding carboxylic acids is 2. The number of nitrogens with zero attached hydrogens (tertiary/aromatic N) is 1. The van der Waals surface area contributed by atoms with E-state index in [1.807, 2.05) is 30.3 Å². The zero-order valence-electron chi connectivity index (χ0n) is 11.1. The third kappa shape index (κ3) is 2.41. The summed E-state index contributed by atoms with van der Waals surface area (Å²) in [5.41, 5.74) is 1.10. The average Bonchev–Trinajstić information content (AvgIpc) is 2.89. The molecule has 1 amide bonds. The molecule has 20 heavy (non-hydrogen) atoms. The van der Waals surface area contributed by atoms with Crippen molar-refractivity contribution in [2.24, 2.45) is 0 Å². The van der Waals surface area contributed by atoms with Gasteiger partial charge in [0.15, 0.2) is 0 Å². The first kappa shape index (κ1) is 13.1. The maximum atomic E-state index is 11.7. The standard InChI is InChI=1S/C15H17NO4/c17-8-12-6-7-14(13-10-20-15(18)16(12)13)19-9-11-4-2-1-3-5-11/h1-5,8,12-14H,6-7,9-10H2/t12-,13+,14-/m0/s1. The van der Waals surface area contributed by atoms with Crippen LogP contribution in [0.3, 0.4) is 0 Å². The molecule has 0 N–H and O–H groups in total. The van der Waals surface area contributed by atoms with Crippen LogP contribution in [-0.2, 0) is 20.9 Å². The van der Waals surface area contributed by atoms with Crippen molar-refractivity contribution in [3.05, 3.63) is 35.9 Å². The predicted molar refractivity (Wildman–Crippen MR) is 71.1 cm³/mol. The van der Waals surface area contributed by atoms with Gasteiger partial charge in [0.25, 0.3) is 0 Å². The topological polar surface area (TPSA) is 55.8 Å².